The molecule has 0 amide bonds. The van der Waals surface area contributed by atoms with E-state index >= 15 is 0 Å². The molecule has 0 unspecified atom stereocenters. The van der Waals surface area contributed by atoms with Gasteiger partial charge >= 0.3 is 0 Å². The van der Waals surface area contributed by atoms with E-state index in [2.05, 4.69) is 46.4 Å². The minimum Gasteiger partial charge on any atom is -0.413 e. The number of carbonyl (C=O) groups excluding carboxylic acids is 1. The highest BCUT2D eigenvalue weighted by Gasteiger charge is 2.40. The average Bonchev–Trinajstić information content (AvgIpc) is 2.32. The number of terminal acetylenes is 1. The molecule has 0 fully saturated rings. The summed E-state index contributed by atoms with van der Waals surface area (Å²) in [5, 5.41) is 0.156. The number of rotatable bonds is 9. The second kappa shape index (κ2) is 8.44. The molecular weight excluding hydrogens is 264 g/mol. The lowest BCUT2D eigenvalue weighted by Crippen LogP contribution is -2.45. The van der Waals surface area contributed by atoms with Crippen LogP contribution in [-0.4, -0.2) is 20.7 Å². The summed E-state index contributed by atoms with van der Waals surface area (Å²) in [6.07, 6.45) is 11.2. The van der Waals surface area contributed by atoms with Gasteiger partial charge in [-0.05, 0) is 36.9 Å². The number of allylic oxidation sites excluding steroid dienone is 1. The maximum Gasteiger partial charge on any atom is 0.192 e. The fourth-order valence-electron chi connectivity index (χ4n) is 1.93. The highest BCUT2D eigenvalue weighted by Crippen LogP contribution is 2.39. The Hall–Kier alpha value is -0.853. The lowest BCUT2D eigenvalue weighted by Gasteiger charge is -2.41. The number of hydrogen-bond donors (Lipinski definition) is 0. The van der Waals surface area contributed by atoms with Crippen molar-refractivity contribution in [1.29, 1.82) is 0 Å². The van der Waals surface area contributed by atoms with Gasteiger partial charge in [0.05, 0.1) is 6.10 Å². The second-order valence-corrected chi connectivity index (χ2v) is 11.6. The molecule has 0 saturated carbocycles. The SMILES string of the molecule is C#CC[C@@H](O[Si](C)(C)C(C)(C)C)[C@@H](CC=C)CCC=O. The third-order valence-electron chi connectivity index (χ3n) is 4.22. The molecule has 0 spiro atoms. The molecular formula is C17H30O2Si. The lowest BCUT2D eigenvalue weighted by atomic mass is 9.92. The molecule has 2 atom stereocenters. The summed E-state index contributed by atoms with van der Waals surface area (Å²) in [5.74, 6) is 3.01. The summed E-state index contributed by atoms with van der Waals surface area (Å²) in [5.41, 5.74) is 0. The van der Waals surface area contributed by atoms with Gasteiger partial charge in [-0.15, -0.1) is 18.9 Å². The Morgan fingerprint density at radius 1 is 1.40 bits per heavy atom. The first-order valence-electron chi connectivity index (χ1n) is 7.35. The van der Waals surface area contributed by atoms with Crippen LogP contribution in [0.25, 0.3) is 0 Å². The third kappa shape index (κ3) is 6.07. The van der Waals surface area contributed by atoms with Crippen molar-refractivity contribution < 1.29 is 9.22 Å². The van der Waals surface area contributed by atoms with Gasteiger partial charge in [-0.1, -0.05) is 26.8 Å². The van der Waals surface area contributed by atoms with Crippen molar-refractivity contribution in [3.8, 4) is 12.3 Å². The Morgan fingerprint density at radius 2 is 2.00 bits per heavy atom. The van der Waals surface area contributed by atoms with Crippen molar-refractivity contribution in [3.05, 3.63) is 12.7 Å². The molecule has 0 heterocycles. The third-order valence-corrected chi connectivity index (χ3v) is 8.73. The molecule has 0 radical (unpaired) electrons. The minimum atomic E-state index is -1.85. The van der Waals surface area contributed by atoms with E-state index in [-0.39, 0.29) is 17.1 Å². The predicted molar refractivity (Wildman–Crippen MR) is 89.1 cm³/mol. The van der Waals surface area contributed by atoms with Crippen LogP contribution >= 0.6 is 0 Å². The summed E-state index contributed by atoms with van der Waals surface area (Å²) < 4.78 is 6.49. The molecule has 0 aliphatic carbocycles. The van der Waals surface area contributed by atoms with Crippen LogP contribution in [0.15, 0.2) is 12.7 Å². The molecule has 0 aliphatic heterocycles. The van der Waals surface area contributed by atoms with Gasteiger partial charge in [-0.2, -0.15) is 0 Å². The lowest BCUT2D eigenvalue weighted by molar-refractivity contribution is -0.108. The van der Waals surface area contributed by atoms with E-state index in [4.69, 9.17) is 10.8 Å². The smallest absolute Gasteiger partial charge is 0.192 e. The van der Waals surface area contributed by atoms with E-state index in [1.54, 1.807) is 0 Å². The quantitative estimate of drug-likeness (QED) is 0.269. The molecule has 0 N–H and O–H groups in total. The Balaban J connectivity index is 5.04. The topological polar surface area (TPSA) is 26.3 Å². The van der Waals surface area contributed by atoms with E-state index in [0.29, 0.717) is 12.8 Å². The average molecular weight is 295 g/mol. The van der Waals surface area contributed by atoms with Crippen molar-refractivity contribution in [2.45, 2.75) is 70.7 Å². The zero-order valence-corrected chi connectivity index (χ0v) is 14.7. The van der Waals surface area contributed by atoms with Gasteiger partial charge in [0.25, 0.3) is 0 Å². The number of carbonyl (C=O) groups is 1. The Bertz CT molecular complexity index is 347. The minimum absolute atomic E-state index is 0.0267. The van der Waals surface area contributed by atoms with Gasteiger partial charge in [-0.3, -0.25) is 0 Å². The molecule has 3 heteroatoms. The predicted octanol–water partition coefficient (Wildman–Crippen LogP) is 4.57. The molecule has 114 valence electrons. The Labute approximate surface area is 126 Å². The van der Waals surface area contributed by atoms with Crippen molar-refractivity contribution >= 4 is 14.6 Å². The van der Waals surface area contributed by atoms with Crippen LogP contribution in [0, 0.1) is 18.3 Å². The molecule has 0 aromatic carbocycles. The van der Waals surface area contributed by atoms with Gasteiger partial charge in [0.2, 0.25) is 0 Å². The molecule has 0 saturated heterocycles. The second-order valence-electron chi connectivity index (χ2n) is 6.85. The maximum atomic E-state index is 10.6. The van der Waals surface area contributed by atoms with Crippen LogP contribution in [0.2, 0.25) is 18.1 Å². The van der Waals surface area contributed by atoms with Crippen molar-refractivity contribution in [3.63, 3.8) is 0 Å². The zero-order chi connectivity index (χ0) is 15.8. The van der Waals surface area contributed by atoms with Crippen LogP contribution in [0.1, 0.15) is 46.5 Å². The van der Waals surface area contributed by atoms with Crippen LogP contribution in [0.4, 0.5) is 0 Å². The standard InChI is InChI=1S/C17H30O2Si/c1-8-11-15(13-10-14-18)16(12-9-2)19-20(6,7)17(3,4)5/h2,8,14-16H,1,10-13H2,3-7H3/t15-,16+/m0/s1. The first-order valence-corrected chi connectivity index (χ1v) is 10.3. The van der Waals surface area contributed by atoms with Gasteiger partial charge in [0.15, 0.2) is 8.32 Å². The Morgan fingerprint density at radius 3 is 2.40 bits per heavy atom. The molecule has 0 bridgehead atoms. The van der Waals surface area contributed by atoms with Crippen LogP contribution in [0.3, 0.4) is 0 Å². The fourth-order valence-corrected chi connectivity index (χ4v) is 3.31. The first-order chi connectivity index (χ1) is 9.19. The van der Waals surface area contributed by atoms with Crippen LogP contribution in [-0.2, 0) is 9.22 Å². The maximum absolute atomic E-state index is 10.6. The van der Waals surface area contributed by atoms with Gasteiger partial charge < -0.3 is 9.22 Å². The van der Waals surface area contributed by atoms with Crippen molar-refractivity contribution in [2.75, 3.05) is 0 Å². The van der Waals surface area contributed by atoms with Crippen LogP contribution in [0.5, 0.6) is 0 Å². The highest BCUT2D eigenvalue weighted by molar-refractivity contribution is 6.74. The Kier molecular flexibility index (Phi) is 8.08. The zero-order valence-electron chi connectivity index (χ0n) is 13.7. The van der Waals surface area contributed by atoms with E-state index < -0.39 is 8.32 Å². The molecule has 0 aromatic rings. The van der Waals surface area contributed by atoms with Gasteiger partial charge in [-0.25, -0.2) is 0 Å². The first kappa shape index (κ1) is 19.1. The summed E-state index contributed by atoms with van der Waals surface area (Å²) in [6.45, 7) is 15.0. The summed E-state index contributed by atoms with van der Waals surface area (Å²) >= 11 is 0. The van der Waals surface area contributed by atoms with Crippen molar-refractivity contribution in [2.24, 2.45) is 5.92 Å². The van der Waals surface area contributed by atoms with E-state index in [1.165, 1.54) is 0 Å². The van der Waals surface area contributed by atoms with Gasteiger partial charge in [0, 0.05) is 12.8 Å². The molecule has 20 heavy (non-hydrogen) atoms. The normalized spacial score (nSPS) is 15.2. The summed E-state index contributed by atoms with van der Waals surface area (Å²) in [6, 6.07) is 0. The molecule has 0 rings (SSSR count). The summed E-state index contributed by atoms with van der Waals surface area (Å²) in [4.78, 5) is 10.6. The fraction of sp³-hybridized carbons (Fsp3) is 0.706. The van der Waals surface area contributed by atoms with Crippen molar-refractivity contribution in [1.82, 2.24) is 0 Å². The molecule has 2 nitrogen and oxygen atoms in total. The van der Waals surface area contributed by atoms with E-state index in [0.717, 1.165) is 19.1 Å². The monoisotopic (exact) mass is 294 g/mol. The highest BCUT2D eigenvalue weighted by atomic mass is 28.4. The molecule has 0 aliphatic rings. The number of aldehydes is 1. The number of hydrogen-bond acceptors (Lipinski definition) is 2. The molecule has 0 aromatic heterocycles. The largest absolute Gasteiger partial charge is 0.413 e. The van der Waals surface area contributed by atoms with Crippen LogP contribution < -0.4 is 0 Å². The van der Waals surface area contributed by atoms with E-state index in [9.17, 15) is 4.79 Å². The van der Waals surface area contributed by atoms with Gasteiger partial charge in [0.1, 0.15) is 6.29 Å². The summed E-state index contributed by atoms with van der Waals surface area (Å²) in [7, 11) is -1.85. The van der Waals surface area contributed by atoms with E-state index in [1.807, 2.05) is 6.08 Å².